The Morgan fingerprint density at radius 1 is 1.11 bits per heavy atom. The number of benzene rings is 2. The maximum absolute atomic E-state index is 13.0. The highest BCUT2D eigenvalue weighted by atomic mass is 35.5. The maximum Gasteiger partial charge on any atom is 0.414 e. The molecule has 0 unspecified atom stereocenters. The van der Waals surface area contributed by atoms with Gasteiger partial charge >= 0.3 is 6.09 Å². The van der Waals surface area contributed by atoms with Crippen LogP contribution in [0.3, 0.4) is 0 Å². The SMILES string of the molecule is Nc1ccc(Cl)cc1S(=O)(=O)N1CCC(N2C(=O)OCc3ccccc32)CC1. The van der Waals surface area contributed by atoms with Gasteiger partial charge in [-0.2, -0.15) is 4.31 Å². The molecule has 0 radical (unpaired) electrons. The van der Waals surface area contributed by atoms with Gasteiger partial charge in [-0.25, -0.2) is 13.2 Å². The molecule has 9 heteroatoms. The lowest BCUT2D eigenvalue weighted by Gasteiger charge is -2.39. The zero-order chi connectivity index (χ0) is 19.9. The van der Waals surface area contributed by atoms with E-state index in [0.29, 0.717) is 17.9 Å². The van der Waals surface area contributed by atoms with E-state index in [1.165, 1.54) is 16.4 Å². The molecule has 1 saturated heterocycles. The van der Waals surface area contributed by atoms with Crippen molar-refractivity contribution in [1.82, 2.24) is 4.31 Å². The molecule has 2 aliphatic heterocycles. The second-order valence-corrected chi connectivity index (χ2v) is 9.21. The lowest BCUT2D eigenvalue weighted by molar-refractivity contribution is 0.136. The summed E-state index contributed by atoms with van der Waals surface area (Å²) in [6.07, 6.45) is 0.616. The average molecular weight is 422 g/mol. The van der Waals surface area contributed by atoms with Crippen LogP contribution in [0.2, 0.25) is 5.02 Å². The minimum absolute atomic E-state index is 0.0150. The van der Waals surface area contributed by atoms with E-state index in [1.54, 1.807) is 11.0 Å². The summed E-state index contributed by atoms with van der Waals surface area (Å²) >= 11 is 5.95. The number of anilines is 2. The molecule has 0 aromatic heterocycles. The predicted molar refractivity (Wildman–Crippen MR) is 107 cm³/mol. The maximum atomic E-state index is 13.0. The van der Waals surface area contributed by atoms with Crippen molar-refractivity contribution in [2.24, 2.45) is 0 Å². The largest absolute Gasteiger partial charge is 0.444 e. The van der Waals surface area contributed by atoms with Crippen LogP contribution < -0.4 is 10.6 Å². The first-order valence-corrected chi connectivity index (χ1v) is 10.8. The molecule has 2 aromatic rings. The monoisotopic (exact) mass is 421 g/mol. The van der Waals surface area contributed by atoms with Crippen LogP contribution >= 0.6 is 11.6 Å². The summed E-state index contributed by atoms with van der Waals surface area (Å²) in [5.41, 5.74) is 7.81. The highest BCUT2D eigenvalue weighted by Crippen LogP contribution is 2.33. The number of ether oxygens (including phenoxy) is 1. The van der Waals surface area contributed by atoms with Crippen molar-refractivity contribution in [2.75, 3.05) is 23.7 Å². The first kappa shape index (κ1) is 19.0. The Hall–Kier alpha value is -2.29. The van der Waals surface area contributed by atoms with E-state index in [1.807, 2.05) is 24.3 Å². The Balaban J connectivity index is 1.54. The van der Waals surface area contributed by atoms with Gasteiger partial charge in [-0.3, -0.25) is 4.90 Å². The van der Waals surface area contributed by atoms with Crippen molar-refractivity contribution >= 4 is 39.1 Å². The van der Waals surface area contributed by atoms with Crippen LogP contribution in [0.5, 0.6) is 0 Å². The van der Waals surface area contributed by atoms with Crippen molar-refractivity contribution in [2.45, 2.75) is 30.4 Å². The molecular formula is C19H20ClN3O4S. The number of sulfonamides is 1. The number of halogens is 1. The molecule has 2 aliphatic rings. The summed E-state index contributed by atoms with van der Waals surface area (Å²) in [6, 6.07) is 11.9. The van der Waals surface area contributed by atoms with Crippen molar-refractivity contribution in [3.8, 4) is 0 Å². The number of carbonyl (C=O) groups is 1. The van der Waals surface area contributed by atoms with Crippen LogP contribution in [0.25, 0.3) is 0 Å². The third kappa shape index (κ3) is 3.32. The third-order valence-corrected chi connectivity index (χ3v) is 7.37. The van der Waals surface area contributed by atoms with Crippen molar-refractivity contribution in [1.29, 1.82) is 0 Å². The molecule has 0 saturated carbocycles. The molecule has 4 rings (SSSR count). The molecule has 7 nitrogen and oxygen atoms in total. The molecule has 0 bridgehead atoms. The second-order valence-electron chi connectivity index (χ2n) is 6.87. The fraction of sp³-hybridized carbons (Fsp3) is 0.316. The van der Waals surface area contributed by atoms with Gasteiger partial charge < -0.3 is 10.5 Å². The first-order valence-electron chi connectivity index (χ1n) is 8.97. The van der Waals surface area contributed by atoms with Gasteiger partial charge in [0.15, 0.2) is 0 Å². The number of fused-ring (bicyclic) bond motifs is 1. The normalized spacial score (nSPS) is 18.6. The van der Waals surface area contributed by atoms with Crippen LogP contribution in [0.1, 0.15) is 18.4 Å². The van der Waals surface area contributed by atoms with Crippen LogP contribution in [0, 0.1) is 0 Å². The molecule has 2 N–H and O–H groups in total. The molecule has 148 valence electrons. The fourth-order valence-corrected chi connectivity index (χ4v) is 5.58. The minimum Gasteiger partial charge on any atom is -0.444 e. The molecular weight excluding hydrogens is 402 g/mol. The number of nitrogens with zero attached hydrogens (tertiary/aromatic N) is 2. The van der Waals surface area contributed by atoms with Crippen molar-refractivity contribution in [3.05, 3.63) is 53.1 Å². The summed E-state index contributed by atoms with van der Waals surface area (Å²) in [7, 11) is -3.75. The summed E-state index contributed by atoms with van der Waals surface area (Å²) in [4.78, 5) is 14.0. The summed E-state index contributed by atoms with van der Waals surface area (Å²) in [5.74, 6) is 0. The van der Waals surface area contributed by atoms with E-state index in [9.17, 15) is 13.2 Å². The number of rotatable bonds is 3. The zero-order valence-electron chi connectivity index (χ0n) is 15.0. The van der Waals surface area contributed by atoms with Gasteiger partial charge in [0, 0.05) is 29.7 Å². The Bertz CT molecular complexity index is 1020. The zero-order valence-corrected chi connectivity index (χ0v) is 16.6. The molecule has 2 aromatic carbocycles. The van der Waals surface area contributed by atoms with E-state index in [-0.39, 0.29) is 42.4 Å². The molecule has 1 fully saturated rings. The number of carbonyl (C=O) groups excluding carboxylic acids is 1. The summed E-state index contributed by atoms with van der Waals surface area (Å²) in [6.45, 7) is 0.822. The Kier molecular flexibility index (Phi) is 4.95. The Morgan fingerprint density at radius 2 is 1.82 bits per heavy atom. The highest BCUT2D eigenvalue weighted by Gasteiger charge is 2.37. The third-order valence-electron chi connectivity index (χ3n) is 5.18. The van der Waals surface area contributed by atoms with Gasteiger partial charge in [0.1, 0.15) is 11.5 Å². The van der Waals surface area contributed by atoms with E-state index < -0.39 is 10.0 Å². The van der Waals surface area contributed by atoms with Crippen molar-refractivity contribution in [3.63, 3.8) is 0 Å². The number of amides is 1. The molecule has 0 atom stereocenters. The number of para-hydroxylation sites is 1. The van der Waals surface area contributed by atoms with Gasteiger partial charge in [0.25, 0.3) is 0 Å². The minimum atomic E-state index is -3.75. The van der Waals surface area contributed by atoms with E-state index >= 15 is 0 Å². The number of hydrogen-bond acceptors (Lipinski definition) is 5. The summed E-state index contributed by atoms with van der Waals surface area (Å²) < 4.78 is 32.7. The molecule has 28 heavy (non-hydrogen) atoms. The van der Waals surface area contributed by atoms with E-state index in [0.717, 1.165) is 11.3 Å². The van der Waals surface area contributed by atoms with Crippen LogP contribution in [0.4, 0.5) is 16.2 Å². The number of piperidine rings is 1. The standard InChI is InChI=1S/C19H20ClN3O4S/c20-14-5-6-16(21)18(11-14)28(25,26)22-9-7-15(8-10-22)23-17-4-2-1-3-13(17)12-27-19(23)24/h1-6,11,15H,7-10,12,21H2. The van der Waals surface area contributed by atoms with E-state index in [2.05, 4.69) is 0 Å². The number of nitrogens with two attached hydrogens (primary N) is 1. The summed E-state index contributed by atoms with van der Waals surface area (Å²) in [5, 5.41) is 0.315. The van der Waals surface area contributed by atoms with Gasteiger partial charge in [-0.1, -0.05) is 29.8 Å². The fourth-order valence-electron chi connectivity index (χ4n) is 3.73. The first-order chi connectivity index (χ1) is 13.4. The Morgan fingerprint density at radius 3 is 2.57 bits per heavy atom. The topological polar surface area (TPSA) is 92.9 Å². The smallest absolute Gasteiger partial charge is 0.414 e. The van der Waals surface area contributed by atoms with Crippen LogP contribution in [0.15, 0.2) is 47.4 Å². The quantitative estimate of drug-likeness (QED) is 0.768. The van der Waals surface area contributed by atoms with Gasteiger partial charge in [0.2, 0.25) is 10.0 Å². The molecule has 0 spiro atoms. The van der Waals surface area contributed by atoms with Crippen LogP contribution in [-0.4, -0.2) is 37.9 Å². The number of nitrogen functional groups attached to an aromatic ring is 1. The lowest BCUT2D eigenvalue weighted by Crippen LogP contribution is -2.50. The Labute approximate surface area is 168 Å². The lowest BCUT2D eigenvalue weighted by atomic mass is 10.0. The average Bonchev–Trinajstić information content (AvgIpc) is 2.70. The van der Waals surface area contributed by atoms with Gasteiger partial charge in [-0.15, -0.1) is 0 Å². The second kappa shape index (κ2) is 7.27. The van der Waals surface area contributed by atoms with Gasteiger partial charge in [0.05, 0.1) is 11.4 Å². The van der Waals surface area contributed by atoms with Crippen LogP contribution in [-0.2, 0) is 21.4 Å². The molecule has 1 amide bonds. The van der Waals surface area contributed by atoms with Gasteiger partial charge in [-0.05, 0) is 37.1 Å². The van der Waals surface area contributed by atoms with E-state index in [4.69, 9.17) is 22.1 Å². The van der Waals surface area contributed by atoms with Crippen molar-refractivity contribution < 1.29 is 17.9 Å². The number of hydrogen-bond donors (Lipinski definition) is 1. The molecule has 0 aliphatic carbocycles. The number of cyclic esters (lactones) is 1. The highest BCUT2D eigenvalue weighted by molar-refractivity contribution is 7.89. The predicted octanol–water partition coefficient (Wildman–Crippen LogP) is 3.23. The molecule has 2 heterocycles.